The number of nitrogens with zero attached hydrogens (tertiary/aromatic N) is 6. The van der Waals surface area contributed by atoms with Gasteiger partial charge in [0.25, 0.3) is 0 Å². The molecule has 0 radical (unpaired) electrons. The zero-order valence-electron chi connectivity index (χ0n) is 8.17. The Kier molecular flexibility index (Phi) is 3.67. The Hall–Kier alpha value is -1.33. The molecule has 0 fully saturated rings. The van der Waals surface area contributed by atoms with E-state index in [1.54, 1.807) is 0 Å². The van der Waals surface area contributed by atoms with Gasteiger partial charge in [-0.25, -0.2) is 15.0 Å². The Morgan fingerprint density at radius 1 is 1.36 bits per heavy atom. The van der Waals surface area contributed by atoms with Crippen LogP contribution in [-0.2, 0) is 0 Å². The summed E-state index contributed by atoms with van der Waals surface area (Å²) in [5, 5.41) is 3.94. The van der Waals surface area contributed by atoms with Gasteiger partial charge in [0.05, 0.1) is 0 Å². The average Bonchev–Trinajstić information content (AvgIpc) is 2.17. The second kappa shape index (κ2) is 4.78. The normalized spacial score (nSPS) is 10.0. The number of aromatic nitrogens is 3. The van der Waals surface area contributed by atoms with Gasteiger partial charge in [-0.05, 0) is 16.9 Å². The maximum atomic E-state index is 8.26. The molecule has 6 nitrogen and oxygen atoms in total. The van der Waals surface area contributed by atoms with Gasteiger partial charge in [0.15, 0.2) is 5.16 Å². The van der Waals surface area contributed by atoms with E-state index in [1.165, 1.54) is 11.8 Å². The van der Waals surface area contributed by atoms with Crippen molar-refractivity contribution in [3.63, 3.8) is 0 Å². The molecule has 7 heteroatoms. The molecule has 0 aliphatic carbocycles. The first-order valence-electron chi connectivity index (χ1n) is 4.02. The minimum absolute atomic E-state index is 0.135. The van der Waals surface area contributed by atoms with Crippen LogP contribution in [0.2, 0.25) is 0 Å². The summed E-state index contributed by atoms with van der Waals surface area (Å²) < 4.78 is 0. The number of rotatable bonds is 3. The van der Waals surface area contributed by atoms with Crippen LogP contribution in [0.5, 0.6) is 0 Å². The van der Waals surface area contributed by atoms with E-state index in [9.17, 15) is 0 Å². The van der Waals surface area contributed by atoms with Crippen LogP contribution in [0.15, 0.2) is 10.3 Å². The van der Waals surface area contributed by atoms with E-state index >= 15 is 0 Å². The fourth-order valence-electron chi connectivity index (χ4n) is 0.795. The first-order chi connectivity index (χ1) is 6.67. The average molecular weight is 210 g/mol. The van der Waals surface area contributed by atoms with Crippen molar-refractivity contribution in [3.05, 3.63) is 16.3 Å². The minimum atomic E-state index is 0.135. The van der Waals surface area contributed by atoms with Gasteiger partial charge in [0.1, 0.15) is 5.82 Å². The van der Waals surface area contributed by atoms with E-state index in [1.807, 2.05) is 20.1 Å². The van der Waals surface area contributed by atoms with E-state index < -0.39 is 0 Å². The summed E-state index contributed by atoms with van der Waals surface area (Å²) in [7, 11) is 0. The molecule has 0 aromatic carbocycles. The summed E-state index contributed by atoms with van der Waals surface area (Å²) >= 11 is 1.39. The summed E-state index contributed by atoms with van der Waals surface area (Å²) in [6, 6.07) is 0. The van der Waals surface area contributed by atoms with Gasteiger partial charge < -0.3 is 0 Å². The number of hydrogen-bond acceptors (Lipinski definition) is 5. The van der Waals surface area contributed by atoms with Crippen molar-refractivity contribution in [2.24, 2.45) is 5.11 Å². The Labute approximate surface area is 85.8 Å². The first-order valence-corrected chi connectivity index (χ1v) is 5.25. The SMILES string of the molecule is CSc1nc(N=[N+]=[N-])nc(C(C)C)n1. The van der Waals surface area contributed by atoms with Crippen LogP contribution >= 0.6 is 11.8 Å². The molecule has 0 spiro atoms. The van der Waals surface area contributed by atoms with Crippen molar-refractivity contribution in [1.29, 1.82) is 0 Å². The highest BCUT2D eigenvalue weighted by atomic mass is 32.2. The molecule has 0 N–H and O–H groups in total. The van der Waals surface area contributed by atoms with E-state index in [4.69, 9.17) is 5.53 Å². The molecular formula is C7H10N6S. The van der Waals surface area contributed by atoms with Gasteiger partial charge in [0.2, 0.25) is 5.95 Å². The zero-order valence-corrected chi connectivity index (χ0v) is 8.99. The standard InChI is InChI=1S/C7H10N6S/c1-4(2)5-9-6(12-13-8)11-7(10-5)14-3/h4H,1-3H3. The summed E-state index contributed by atoms with van der Waals surface area (Å²) in [6.45, 7) is 3.94. The lowest BCUT2D eigenvalue weighted by atomic mass is 10.2. The van der Waals surface area contributed by atoms with Gasteiger partial charge in [-0.1, -0.05) is 25.6 Å². The second-order valence-corrected chi connectivity index (χ2v) is 3.60. The van der Waals surface area contributed by atoms with E-state index in [2.05, 4.69) is 25.0 Å². The summed E-state index contributed by atoms with van der Waals surface area (Å²) in [6.07, 6.45) is 1.86. The summed E-state index contributed by atoms with van der Waals surface area (Å²) in [5.74, 6) is 0.971. The molecular weight excluding hydrogens is 200 g/mol. The highest BCUT2D eigenvalue weighted by molar-refractivity contribution is 7.98. The third kappa shape index (κ3) is 2.58. The van der Waals surface area contributed by atoms with Gasteiger partial charge in [-0.15, -0.1) is 0 Å². The van der Waals surface area contributed by atoms with Crippen molar-refractivity contribution in [2.45, 2.75) is 24.9 Å². The van der Waals surface area contributed by atoms with Gasteiger partial charge in [-0.2, -0.15) is 0 Å². The second-order valence-electron chi connectivity index (χ2n) is 2.82. The lowest BCUT2D eigenvalue weighted by Gasteiger charge is -2.04. The lowest BCUT2D eigenvalue weighted by Crippen LogP contribution is -2.00. The Morgan fingerprint density at radius 3 is 2.57 bits per heavy atom. The van der Waals surface area contributed by atoms with Crippen LogP contribution in [0, 0.1) is 0 Å². The predicted octanol–water partition coefficient (Wildman–Crippen LogP) is 2.66. The van der Waals surface area contributed by atoms with Gasteiger partial charge >= 0.3 is 0 Å². The van der Waals surface area contributed by atoms with Gasteiger partial charge in [-0.3, -0.25) is 0 Å². The molecule has 0 amide bonds. The molecule has 74 valence electrons. The molecule has 14 heavy (non-hydrogen) atoms. The molecule has 0 saturated carbocycles. The Morgan fingerprint density at radius 2 is 2.07 bits per heavy atom. The fraction of sp³-hybridized carbons (Fsp3) is 0.571. The molecule has 0 bridgehead atoms. The molecule has 1 rings (SSSR count). The molecule has 0 aliphatic rings. The van der Waals surface area contributed by atoms with Crippen molar-refractivity contribution < 1.29 is 0 Å². The smallest absolute Gasteiger partial charge is 0.211 e. The zero-order chi connectivity index (χ0) is 10.6. The van der Waals surface area contributed by atoms with Crippen LogP contribution in [-0.4, -0.2) is 21.2 Å². The van der Waals surface area contributed by atoms with Crippen molar-refractivity contribution in [2.75, 3.05) is 6.26 Å². The quantitative estimate of drug-likeness (QED) is 0.332. The lowest BCUT2D eigenvalue weighted by molar-refractivity contribution is 0.724. The van der Waals surface area contributed by atoms with Crippen LogP contribution in [0.4, 0.5) is 5.95 Å². The number of hydrogen-bond donors (Lipinski definition) is 0. The topological polar surface area (TPSA) is 87.4 Å². The van der Waals surface area contributed by atoms with Crippen LogP contribution < -0.4 is 0 Å². The Bertz CT molecular complexity index is 370. The van der Waals surface area contributed by atoms with Gasteiger partial charge in [0, 0.05) is 10.8 Å². The molecule has 0 saturated heterocycles. The molecule has 0 unspecified atom stereocenters. The van der Waals surface area contributed by atoms with Crippen molar-refractivity contribution in [1.82, 2.24) is 15.0 Å². The van der Waals surface area contributed by atoms with Crippen LogP contribution in [0.1, 0.15) is 25.6 Å². The van der Waals surface area contributed by atoms with Crippen LogP contribution in [0.3, 0.4) is 0 Å². The molecule has 1 heterocycles. The molecule has 0 atom stereocenters. The molecule has 1 aromatic rings. The van der Waals surface area contributed by atoms with Crippen molar-refractivity contribution >= 4 is 17.7 Å². The summed E-state index contributed by atoms with van der Waals surface area (Å²) in [5.41, 5.74) is 8.26. The largest absolute Gasteiger partial charge is 0.220 e. The van der Waals surface area contributed by atoms with E-state index in [-0.39, 0.29) is 11.9 Å². The monoisotopic (exact) mass is 210 g/mol. The predicted molar refractivity (Wildman–Crippen MR) is 54.5 cm³/mol. The van der Waals surface area contributed by atoms with Crippen LogP contribution in [0.25, 0.3) is 10.4 Å². The third-order valence-electron chi connectivity index (χ3n) is 1.45. The minimum Gasteiger partial charge on any atom is -0.211 e. The maximum absolute atomic E-state index is 8.26. The van der Waals surface area contributed by atoms with E-state index in [0.29, 0.717) is 11.0 Å². The maximum Gasteiger partial charge on any atom is 0.220 e. The number of azide groups is 1. The Balaban J connectivity index is 3.19. The van der Waals surface area contributed by atoms with Crippen molar-refractivity contribution in [3.8, 4) is 0 Å². The highest BCUT2D eigenvalue weighted by Gasteiger charge is 2.07. The van der Waals surface area contributed by atoms with E-state index in [0.717, 1.165) is 0 Å². The molecule has 0 aliphatic heterocycles. The number of thioether (sulfide) groups is 1. The highest BCUT2D eigenvalue weighted by Crippen LogP contribution is 2.17. The first kappa shape index (κ1) is 10.7. The molecule has 1 aromatic heterocycles. The summed E-state index contributed by atoms with van der Waals surface area (Å²) in [4.78, 5) is 14.8. The third-order valence-corrected chi connectivity index (χ3v) is 2.00. The fourth-order valence-corrected chi connectivity index (χ4v) is 1.15.